The van der Waals surface area contributed by atoms with E-state index in [1.807, 2.05) is 110 Å². The van der Waals surface area contributed by atoms with Crippen LogP contribution in [0.5, 0.6) is 17.2 Å². The molecule has 0 amide bonds. The number of unbranched alkanes of at least 4 members (excludes halogenated alkanes) is 2. The lowest BCUT2D eigenvalue weighted by Crippen LogP contribution is -2.31. The summed E-state index contributed by atoms with van der Waals surface area (Å²) in [5, 5.41) is 12.2. The molecule has 0 aromatic heterocycles. The Hall–Kier alpha value is -3.24. The second-order valence-electron chi connectivity index (χ2n) is 15.2. The van der Waals surface area contributed by atoms with Gasteiger partial charge in [0.15, 0.2) is 5.72 Å². The summed E-state index contributed by atoms with van der Waals surface area (Å²) in [6, 6.07) is 22.8. The number of hydrazone groups is 2. The minimum Gasteiger partial charge on any atom is -0.481 e. The molecule has 13 nitrogen and oxygen atoms in total. The first-order valence-electron chi connectivity index (χ1n) is 20.3. The Labute approximate surface area is 369 Å². The molecule has 0 saturated carbocycles. The Morgan fingerprint density at radius 1 is 0.683 bits per heavy atom. The van der Waals surface area contributed by atoms with Gasteiger partial charge in [0.1, 0.15) is 27.9 Å². The van der Waals surface area contributed by atoms with Crippen molar-refractivity contribution in [1.82, 2.24) is 9.56 Å². The van der Waals surface area contributed by atoms with Crippen molar-refractivity contribution in [2.45, 2.75) is 115 Å². The van der Waals surface area contributed by atoms with Crippen LogP contribution in [0.3, 0.4) is 0 Å². The molecule has 0 radical (unpaired) electrons. The smallest absolute Gasteiger partial charge is 0.334 e. The van der Waals surface area contributed by atoms with E-state index in [0.717, 1.165) is 67.4 Å². The van der Waals surface area contributed by atoms with Crippen LogP contribution in [0.25, 0.3) is 10.4 Å². The lowest BCUT2D eigenvalue weighted by Gasteiger charge is -2.35. The number of rotatable bonds is 27. The molecule has 0 bridgehead atoms. The van der Waals surface area contributed by atoms with Crippen LogP contribution in [0.1, 0.15) is 110 Å². The van der Waals surface area contributed by atoms with Crippen LogP contribution < -0.4 is 14.2 Å². The molecule has 3 aromatic carbocycles. The number of ether oxygens (including phenoxy) is 3. The molecule has 0 aliphatic rings. The third-order valence-corrected chi connectivity index (χ3v) is 19.8. The number of hydrogen-bond acceptors (Lipinski definition) is 11. The second kappa shape index (κ2) is 24.4. The van der Waals surface area contributed by atoms with Crippen LogP contribution in [0.2, 0.25) is 0 Å². The predicted octanol–water partition coefficient (Wildman–Crippen LogP) is 12.6. The molecule has 5 unspecified atom stereocenters. The van der Waals surface area contributed by atoms with Gasteiger partial charge in [-0.05, 0) is 134 Å². The largest absolute Gasteiger partial charge is 0.481 e. The summed E-state index contributed by atoms with van der Waals surface area (Å²) < 4.78 is 45.8. The van der Waals surface area contributed by atoms with Crippen molar-refractivity contribution >= 4 is 57.3 Å². The SMILES string of the molecule is CCCCCC(C)(N=[N+]=[N-])Oc1ccc(/C=N/N(C)[PH](=S)C(C)(CCC)Oc2ccc(/C=N/N(C)[PH](=S)C(C)(CCC)Oc3ccc(CP(=O)(OC)OC)cc3)cc2)cc1. The normalized spacial score (nSPS) is 15.9. The summed E-state index contributed by atoms with van der Waals surface area (Å²) in [5.41, 5.74) is 10.8. The Balaban J connectivity index is 1.65. The van der Waals surface area contributed by atoms with Gasteiger partial charge in [0.25, 0.3) is 0 Å². The van der Waals surface area contributed by atoms with Gasteiger partial charge >= 0.3 is 7.60 Å². The lowest BCUT2D eigenvalue weighted by atomic mass is 10.1. The molecule has 0 N–H and O–H groups in total. The van der Waals surface area contributed by atoms with Crippen molar-refractivity contribution in [2.24, 2.45) is 15.3 Å². The monoisotopic (exact) mass is 919 g/mol. The number of azide groups is 1. The second-order valence-corrected chi connectivity index (χ2v) is 24.4. The summed E-state index contributed by atoms with van der Waals surface area (Å²) in [5.74, 6) is 2.02. The Kier molecular flexibility index (Phi) is 20.8. The molecule has 0 spiro atoms. The zero-order valence-corrected chi connectivity index (χ0v) is 41.3. The highest BCUT2D eigenvalue weighted by atomic mass is 32.4. The molecule has 18 heteroatoms. The van der Waals surface area contributed by atoms with Gasteiger partial charge < -0.3 is 23.3 Å². The van der Waals surface area contributed by atoms with E-state index < -0.39 is 37.7 Å². The summed E-state index contributed by atoms with van der Waals surface area (Å²) in [4.78, 5) is 3.01. The zero-order valence-electron chi connectivity index (χ0n) is 36.8. The fourth-order valence-electron chi connectivity index (χ4n) is 6.48. The molecule has 3 rings (SSSR count). The molecule has 60 heavy (non-hydrogen) atoms. The van der Waals surface area contributed by atoms with E-state index >= 15 is 0 Å². The maximum Gasteiger partial charge on any atom is 0.334 e. The van der Waals surface area contributed by atoms with Gasteiger partial charge in [-0.25, -0.2) is 0 Å². The molecule has 330 valence electrons. The molecule has 0 saturated heterocycles. The minimum atomic E-state index is -3.18. The zero-order chi connectivity index (χ0) is 44.4. The maximum atomic E-state index is 12.6. The van der Waals surface area contributed by atoms with Crippen LogP contribution in [-0.4, -0.2) is 66.7 Å². The summed E-state index contributed by atoms with van der Waals surface area (Å²) in [7, 11) is 3.39. The minimum absolute atomic E-state index is 0.171. The van der Waals surface area contributed by atoms with Gasteiger partial charge in [-0.3, -0.25) is 14.1 Å². The van der Waals surface area contributed by atoms with Crippen molar-refractivity contribution in [3.63, 3.8) is 0 Å². The van der Waals surface area contributed by atoms with E-state index in [0.29, 0.717) is 17.9 Å². The first kappa shape index (κ1) is 51.1. The van der Waals surface area contributed by atoms with E-state index in [4.69, 9.17) is 62.6 Å². The fourth-order valence-corrected chi connectivity index (χ4v) is 11.7. The third-order valence-electron chi connectivity index (χ3n) is 9.85. The maximum absolute atomic E-state index is 12.6. The topological polar surface area (TPSA) is 143 Å². The number of benzene rings is 3. The summed E-state index contributed by atoms with van der Waals surface area (Å²) in [6.45, 7) is 8.85. The number of hydrogen-bond donors (Lipinski definition) is 0. The Morgan fingerprint density at radius 2 is 1.10 bits per heavy atom. The van der Waals surface area contributed by atoms with Gasteiger partial charge in [-0.1, -0.05) is 82.2 Å². The average molecular weight is 920 g/mol. The molecule has 0 heterocycles. The first-order valence-corrected chi connectivity index (χ1v) is 27.2. The highest BCUT2D eigenvalue weighted by Gasteiger charge is 2.34. The fraction of sp³-hybridized carbons (Fsp3) is 0.524. The van der Waals surface area contributed by atoms with Crippen molar-refractivity contribution in [3.05, 3.63) is 99.9 Å². The van der Waals surface area contributed by atoms with Gasteiger partial charge in [0.2, 0.25) is 0 Å². The van der Waals surface area contributed by atoms with Crippen molar-refractivity contribution in [3.8, 4) is 17.2 Å². The van der Waals surface area contributed by atoms with Gasteiger partial charge in [0.05, 0.1) is 32.3 Å². The molecular weight excluding hydrogens is 856 g/mol. The average Bonchev–Trinajstić information content (AvgIpc) is 3.23. The molecule has 5 atom stereocenters. The first-order chi connectivity index (χ1) is 28.5. The molecule has 0 aliphatic heterocycles. The molecule has 0 aliphatic carbocycles. The van der Waals surface area contributed by atoms with E-state index in [2.05, 4.69) is 37.7 Å². The van der Waals surface area contributed by atoms with Crippen molar-refractivity contribution in [2.75, 3.05) is 28.3 Å². The van der Waals surface area contributed by atoms with Crippen molar-refractivity contribution < 1.29 is 27.8 Å². The van der Waals surface area contributed by atoms with Crippen LogP contribution >= 0.6 is 21.3 Å². The van der Waals surface area contributed by atoms with Crippen molar-refractivity contribution in [1.29, 1.82) is 0 Å². The van der Waals surface area contributed by atoms with E-state index in [1.165, 1.54) is 14.2 Å². The molecular formula is C42H64N7O6P3S2. The Bertz CT molecular complexity index is 2000. The highest BCUT2D eigenvalue weighted by molar-refractivity contribution is 8.04. The lowest BCUT2D eigenvalue weighted by molar-refractivity contribution is 0.0835. The molecule has 3 aromatic rings. The van der Waals surface area contributed by atoms with Crippen LogP contribution in [0.15, 0.2) is 88.1 Å². The van der Waals surface area contributed by atoms with Gasteiger partial charge in [0, 0.05) is 33.2 Å². The summed E-state index contributed by atoms with van der Waals surface area (Å²) in [6.07, 6.45) is 10.7. The third kappa shape index (κ3) is 15.6. The van der Waals surface area contributed by atoms with Crippen LogP contribution in [-0.2, 0) is 43.4 Å². The van der Waals surface area contributed by atoms with Crippen LogP contribution in [0.4, 0.5) is 0 Å². The van der Waals surface area contributed by atoms with E-state index in [9.17, 15) is 4.57 Å². The van der Waals surface area contributed by atoms with Gasteiger partial charge in [-0.15, -0.1) is 0 Å². The highest BCUT2D eigenvalue weighted by Crippen LogP contribution is 2.50. The number of nitrogens with zero attached hydrogens (tertiary/aromatic N) is 7. The van der Waals surface area contributed by atoms with Crippen LogP contribution in [0, 0.1) is 0 Å². The van der Waals surface area contributed by atoms with Gasteiger partial charge in [-0.2, -0.15) is 10.2 Å². The summed E-state index contributed by atoms with van der Waals surface area (Å²) >= 11 is 12.2. The van der Waals surface area contributed by atoms with E-state index in [1.54, 1.807) is 12.4 Å². The Morgan fingerprint density at radius 3 is 1.48 bits per heavy atom. The quantitative estimate of drug-likeness (QED) is 0.0138. The predicted molar refractivity (Wildman–Crippen MR) is 257 cm³/mol. The molecule has 0 fully saturated rings. The standard InChI is InChI=1S/C42H64N7O6P3S2/c1-11-14-15-30-40(4,46-47-43)53-37-22-16-34(17-23-37)31-44-48(7)56(59)41(5,28-12-2)54-38-24-18-35(19-25-38)32-45-49(8)57(60)42(6,29-13-3)55-39-26-20-36(21-27-39)33-58(50,51-9)52-10/h16-27,31-32,56-57H,11-15,28-30,33H2,1-10H3/b44-31+,45-32+. The van der Waals surface area contributed by atoms with E-state index in [-0.39, 0.29) is 6.16 Å².